The normalized spacial score (nSPS) is 10.3. The van der Waals surface area contributed by atoms with Crippen LogP contribution in [0.2, 0.25) is 5.02 Å². The summed E-state index contributed by atoms with van der Waals surface area (Å²) in [5.74, 6) is 0.0347. The summed E-state index contributed by atoms with van der Waals surface area (Å²) in [6.45, 7) is 0.693. The number of hydrogen-bond acceptors (Lipinski definition) is 4. The summed E-state index contributed by atoms with van der Waals surface area (Å²) < 4.78 is 11.2. The van der Waals surface area contributed by atoms with Crippen molar-refractivity contribution in [3.63, 3.8) is 0 Å². The molecule has 0 heterocycles. The van der Waals surface area contributed by atoms with Gasteiger partial charge in [0.05, 0.1) is 13.5 Å². The van der Waals surface area contributed by atoms with Gasteiger partial charge in [0.1, 0.15) is 18.1 Å². The number of halogens is 1. The van der Waals surface area contributed by atoms with E-state index in [1.54, 1.807) is 19.2 Å². The highest BCUT2D eigenvalue weighted by Gasteiger charge is 2.09. The van der Waals surface area contributed by atoms with Gasteiger partial charge in [-0.25, -0.2) is 0 Å². The summed E-state index contributed by atoms with van der Waals surface area (Å²) >= 11 is 6.17. The van der Waals surface area contributed by atoms with Crippen molar-refractivity contribution in [1.29, 1.82) is 0 Å². The lowest BCUT2D eigenvalue weighted by atomic mass is 10.1. The molecule has 0 atom stereocenters. The van der Waals surface area contributed by atoms with Gasteiger partial charge in [-0.15, -0.1) is 0 Å². The quantitative estimate of drug-likeness (QED) is 0.648. The number of ether oxygens (including phenoxy) is 2. The molecule has 7 heteroatoms. The number of amides is 1. The number of carboxylic acid groups (broad SMARTS) is 1. The van der Waals surface area contributed by atoms with E-state index in [2.05, 4.69) is 5.32 Å². The first-order chi connectivity index (χ1) is 13.0. The Balaban J connectivity index is 1.98. The Bertz CT molecular complexity index is 794. The topological polar surface area (TPSA) is 84.9 Å². The van der Waals surface area contributed by atoms with Crippen LogP contribution in [0.25, 0.3) is 0 Å². The van der Waals surface area contributed by atoms with Crippen molar-refractivity contribution in [3.8, 4) is 11.5 Å². The minimum absolute atomic E-state index is 0.0339. The first-order valence-corrected chi connectivity index (χ1v) is 8.89. The average molecular weight is 392 g/mol. The van der Waals surface area contributed by atoms with E-state index in [9.17, 15) is 9.59 Å². The van der Waals surface area contributed by atoms with Crippen LogP contribution in [0.5, 0.6) is 11.5 Å². The van der Waals surface area contributed by atoms with Crippen LogP contribution < -0.4 is 14.8 Å². The Labute approximate surface area is 163 Å². The molecule has 0 fully saturated rings. The molecule has 0 unspecified atom stereocenters. The number of aliphatic carboxylic acids is 1. The molecular weight excluding hydrogens is 370 g/mol. The zero-order valence-electron chi connectivity index (χ0n) is 15.0. The van der Waals surface area contributed by atoms with Crippen LogP contribution in [-0.2, 0) is 22.6 Å². The molecular formula is C20H22ClNO5. The monoisotopic (exact) mass is 391 g/mol. The number of benzene rings is 2. The molecule has 27 heavy (non-hydrogen) atoms. The van der Waals surface area contributed by atoms with Crippen LogP contribution in [0.1, 0.15) is 24.0 Å². The molecule has 1 amide bonds. The second-order valence-electron chi connectivity index (χ2n) is 5.85. The standard InChI is InChI=1S/C20H22ClNO5/c1-26-16-7-6-14(10-11-22-19(23)8-9-20(24)25)18(12-16)27-13-15-4-2-3-5-17(15)21/h2-7,12H,8-11,13H2,1H3,(H,22,23)(H,24,25). The summed E-state index contributed by atoms with van der Waals surface area (Å²) in [4.78, 5) is 22.1. The molecule has 2 aromatic carbocycles. The highest BCUT2D eigenvalue weighted by atomic mass is 35.5. The van der Waals surface area contributed by atoms with Gasteiger partial charge in [0, 0.05) is 29.6 Å². The molecule has 0 bridgehead atoms. The van der Waals surface area contributed by atoms with Crippen LogP contribution in [0, 0.1) is 0 Å². The van der Waals surface area contributed by atoms with Crippen molar-refractivity contribution in [2.45, 2.75) is 25.9 Å². The van der Waals surface area contributed by atoms with Crippen LogP contribution in [0.4, 0.5) is 0 Å². The van der Waals surface area contributed by atoms with Crippen molar-refractivity contribution >= 4 is 23.5 Å². The van der Waals surface area contributed by atoms with E-state index in [4.69, 9.17) is 26.2 Å². The van der Waals surface area contributed by atoms with Crippen LogP contribution in [0.3, 0.4) is 0 Å². The Morgan fingerprint density at radius 3 is 2.59 bits per heavy atom. The molecule has 0 aliphatic heterocycles. The second-order valence-corrected chi connectivity index (χ2v) is 6.25. The second kappa shape index (κ2) is 10.4. The van der Waals surface area contributed by atoms with Gasteiger partial charge in [-0.2, -0.15) is 0 Å². The summed E-state index contributed by atoms with van der Waals surface area (Å²) in [5, 5.41) is 12.0. The summed E-state index contributed by atoms with van der Waals surface area (Å²) in [6, 6.07) is 12.9. The highest BCUT2D eigenvalue weighted by Crippen LogP contribution is 2.27. The fourth-order valence-corrected chi connectivity index (χ4v) is 2.61. The molecule has 2 rings (SSSR count). The van der Waals surface area contributed by atoms with Gasteiger partial charge in [-0.05, 0) is 24.1 Å². The lowest BCUT2D eigenvalue weighted by molar-refractivity contribution is -0.138. The molecule has 2 N–H and O–H groups in total. The maximum atomic E-state index is 11.6. The molecule has 6 nitrogen and oxygen atoms in total. The van der Waals surface area contributed by atoms with Gasteiger partial charge in [-0.1, -0.05) is 35.9 Å². The van der Waals surface area contributed by atoms with E-state index in [1.807, 2.05) is 30.3 Å². The van der Waals surface area contributed by atoms with E-state index in [0.29, 0.717) is 36.1 Å². The SMILES string of the molecule is COc1ccc(CCNC(=O)CCC(=O)O)c(OCc2ccccc2Cl)c1. The lowest BCUT2D eigenvalue weighted by Crippen LogP contribution is -2.26. The van der Waals surface area contributed by atoms with Gasteiger partial charge in [0.25, 0.3) is 0 Å². The number of carbonyl (C=O) groups is 2. The first-order valence-electron chi connectivity index (χ1n) is 8.51. The zero-order valence-corrected chi connectivity index (χ0v) is 15.8. The van der Waals surface area contributed by atoms with Gasteiger partial charge in [-0.3, -0.25) is 9.59 Å². The van der Waals surface area contributed by atoms with E-state index in [1.165, 1.54) is 0 Å². The molecule has 0 saturated carbocycles. The summed E-state index contributed by atoms with van der Waals surface area (Å²) in [6.07, 6.45) is 0.328. The highest BCUT2D eigenvalue weighted by molar-refractivity contribution is 6.31. The first kappa shape index (κ1) is 20.6. The van der Waals surface area contributed by atoms with Gasteiger partial charge < -0.3 is 19.9 Å². The number of hydrogen-bond donors (Lipinski definition) is 2. The molecule has 2 aromatic rings. The maximum Gasteiger partial charge on any atom is 0.303 e. The smallest absolute Gasteiger partial charge is 0.303 e. The number of carbonyl (C=O) groups excluding carboxylic acids is 1. The predicted molar refractivity (Wildman–Crippen MR) is 102 cm³/mol. The Morgan fingerprint density at radius 2 is 1.89 bits per heavy atom. The summed E-state index contributed by atoms with van der Waals surface area (Å²) in [5.41, 5.74) is 1.77. The van der Waals surface area contributed by atoms with Gasteiger partial charge >= 0.3 is 5.97 Å². The molecule has 0 radical (unpaired) electrons. The fourth-order valence-electron chi connectivity index (χ4n) is 2.42. The third kappa shape index (κ3) is 6.83. The minimum atomic E-state index is -0.990. The predicted octanol–water partition coefficient (Wildman–Crippen LogP) is 3.45. The van der Waals surface area contributed by atoms with Crippen molar-refractivity contribution in [3.05, 3.63) is 58.6 Å². The summed E-state index contributed by atoms with van der Waals surface area (Å²) in [7, 11) is 1.58. The number of methoxy groups -OCH3 is 1. The molecule has 0 aromatic heterocycles. The van der Waals surface area contributed by atoms with Gasteiger partial charge in [0.2, 0.25) is 5.91 Å². The Morgan fingerprint density at radius 1 is 1.11 bits per heavy atom. The van der Waals surface area contributed by atoms with E-state index in [-0.39, 0.29) is 18.7 Å². The molecule has 0 aliphatic rings. The largest absolute Gasteiger partial charge is 0.497 e. The fraction of sp³-hybridized carbons (Fsp3) is 0.300. The van der Waals surface area contributed by atoms with Crippen molar-refractivity contribution in [2.75, 3.05) is 13.7 Å². The van der Waals surface area contributed by atoms with E-state index in [0.717, 1.165) is 11.1 Å². The van der Waals surface area contributed by atoms with Crippen LogP contribution in [-0.4, -0.2) is 30.6 Å². The van der Waals surface area contributed by atoms with Crippen molar-refractivity contribution < 1.29 is 24.2 Å². The number of carboxylic acids is 1. The van der Waals surface area contributed by atoms with Crippen molar-refractivity contribution in [2.24, 2.45) is 0 Å². The minimum Gasteiger partial charge on any atom is -0.497 e. The van der Waals surface area contributed by atoms with E-state index < -0.39 is 5.97 Å². The van der Waals surface area contributed by atoms with Gasteiger partial charge in [0.15, 0.2) is 0 Å². The molecule has 0 saturated heterocycles. The zero-order chi connectivity index (χ0) is 19.6. The van der Waals surface area contributed by atoms with Crippen LogP contribution in [0.15, 0.2) is 42.5 Å². The van der Waals surface area contributed by atoms with Crippen molar-refractivity contribution in [1.82, 2.24) is 5.32 Å². The number of rotatable bonds is 10. The van der Waals surface area contributed by atoms with Crippen LogP contribution >= 0.6 is 11.6 Å². The average Bonchev–Trinajstić information content (AvgIpc) is 2.66. The maximum absolute atomic E-state index is 11.6. The molecule has 0 spiro atoms. The molecule has 144 valence electrons. The molecule has 0 aliphatic carbocycles. The third-order valence-electron chi connectivity index (χ3n) is 3.90. The number of nitrogens with one attached hydrogen (secondary N) is 1. The van der Waals surface area contributed by atoms with E-state index >= 15 is 0 Å². The Kier molecular flexibility index (Phi) is 7.95. The Hall–Kier alpha value is -2.73. The lowest BCUT2D eigenvalue weighted by Gasteiger charge is -2.14. The third-order valence-corrected chi connectivity index (χ3v) is 4.27.